The number of nitrogens with zero attached hydrogens (tertiary/aromatic N) is 3. The molecule has 0 aliphatic heterocycles. The first-order chi connectivity index (χ1) is 11.8. The zero-order valence-electron chi connectivity index (χ0n) is 12.7. The van der Waals surface area contributed by atoms with Crippen LogP contribution in [0.5, 0.6) is 0 Å². The molecule has 0 aliphatic rings. The van der Waals surface area contributed by atoms with Gasteiger partial charge in [-0.3, -0.25) is 14.9 Å². The summed E-state index contributed by atoms with van der Waals surface area (Å²) in [5, 5.41) is 9.02. The van der Waals surface area contributed by atoms with Gasteiger partial charge in [0.05, 0.1) is 11.8 Å². The molecule has 0 saturated heterocycles. The minimum Gasteiger partial charge on any atom is -0.365 e. The number of allylic oxidation sites excluding steroid dienone is 2. The first kappa shape index (κ1) is 17.9. The van der Waals surface area contributed by atoms with Crippen molar-refractivity contribution in [2.45, 2.75) is 6.18 Å². The van der Waals surface area contributed by atoms with Gasteiger partial charge in [-0.15, -0.1) is 0 Å². The Balaban J connectivity index is 2.56. The molecule has 7 nitrogen and oxygen atoms in total. The van der Waals surface area contributed by atoms with Crippen LogP contribution in [0.15, 0.2) is 47.9 Å². The summed E-state index contributed by atoms with van der Waals surface area (Å²) in [4.78, 5) is 19.0. The van der Waals surface area contributed by atoms with Gasteiger partial charge in [-0.2, -0.15) is 18.3 Å². The first-order valence-corrected chi connectivity index (χ1v) is 6.82. The molecular formula is C15H13F3N6O. The van der Waals surface area contributed by atoms with E-state index >= 15 is 0 Å². The summed E-state index contributed by atoms with van der Waals surface area (Å²) in [6.07, 6.45) is 0.666. The number of primary amides is 1. The van der Waals surface area contributed by atoms with Gasteiger partial charge in [-0.25, -0.2) is 4.98 Å². The van der Waals surface area contributed by atoms with Crippen LogP contribution in [0.2, 0.25) is 0 Å². The monoisotopic (exact) mass is 350 g/mol. The summed E-state index contributed by atoms with van der Waals surface area (Å²) in [6.45, 7) is 3.28. The largest absolute Gasteiger partial charge is 0.433 e. The van der Waals surface area contributed by atoms with E-state index < -0.39 is 17.8 Å². The maximum atomic E-state index is 13.1. The van der Waals surface area contributed by atoms with Crippen molar-refractivity contribution in [1.82, 2.24) is 15.2 Å². The summed E-state index contributed by atoms with van der Waals surface area (Å²) in [5.74, 6) is -0.577. The molecule has 25 heavy (non-hydrogen) atoms. The average molecular weight is 350 g/mol. The molecule has 0 atom stereocenters. The molecule has 0 spiro atoms. The summed E-state index contributed by atoms with van der Waals surface area (Å²) < 4.78 is 39.3. The minimum atomic E-state index is -4.73. The van der Waals surface area contributed by atoms with Gasteiger partial charge in [-0.1, -0.05) is 12.7 Å². The molecule has 2 rings (SSSR count). The second-order valence-corrected chi connectivity index (χ2v) is 4.62. The molecule has 2 aromatic rings. The molecule has 0 unspecified atom stereocenters. The summed E-state index contributed by atoms with van der Waals surface area (Å²) in [5.41, 5.74) is 3.80. The number of halogens is 3. The van der Waals surface area contributed by atoms with Crippen molar-refractivity contribution in [3.63, 3.8) is 0 Å². The molecule has 0 aliphatic carbocycles. The lowest BCUT2D eigenvalue weighted by atomic mass is 10.1. The Bertz CT molecular complexity index is 824. The van der Waals surface area contributed by atoms with Crippen LogP contribution in [-0.2, 0) is 0 Å². The van der Waals surface area contributed by atoms with E-state index in [9.17, 15) is 18.0 Å². The highest BCUT2D eigenvalue weighted by Crippen LogP contribution is 2.30. The van der Waals surface area contributed by atoms with Gasteiger partial charge in [-0.05, 0) is 17.7 Å². The van der Waals surface area contributed by atoms with Crippen molar-refractivity contribution in [3.05, 3.63) is 54.0 Å². The minimum absolute atomic E-state index is 0.0141. The maximum Gasteiger partial charge on any atom is 0.433 e. The number of aromatic amines is 1. The maximum absolute atomic E-state index is 13.1. The Hall–Kier alpha value is -3.43. The molecule has 4 N–H and O–H groups in total. The van der Waals surface area contributed by atoms with E-state index in [1.54, 1.807) is 6.07 Å². The molecule has 2 heterocycles. The second-order valence-electron chi connectivity index (χ2n) is 4.62. The van der Waals surface area contributed by atoms with Gasteiger partial charge < -0.3 is 11.1 Å². The van der Waals surface area contributed by atoms with Crippen molar-refractivity contribution in [3.8, 4) is 0 Å². The van der Waals surface area contributed by atoms with E-state index in [1.165, 1.54) is 18.5 Å². The van der Waals surface area contributed by atoms with Gasteiger partial charge in [0.15, 0.2) is 0 Å². The second kappa shape index (κ2) is 7.43. The third kappa shape index (κ3) is 4.53. The molecule has 0 aromatic carbocycles. The van der Waals surface area contributed by atoms with Crippen LogP contribution >= 0.6 is 0 Å². The van der Waals surface area contributed by atoms with E-state index in [0.29, 0.717) is 11.9 Å². The molecule has 10 heteroatoms. The molecule has 2 aromatic heterocycles. The molecule has 0 radical (unpaired) electrons. The number of carbonyl (C=O) groups excluding carboxylic acids is 1. The summed E-state index contributed by atoms with van der Waals surface area (Å²) in [7, 11) is 0. The van der Waals surface area contributed by atoms with Gasteiger partial charge in [0.25, 0.3) is 5.91 Å². The number of alkyl halides is 3. The average Bonchev–Trinajstić information content (AvgIpc) is 3.03. The number of amides is 1. The number of hydrogen-bond acceptors (Lipinski definition) is 5. The highest BCUT2D eigenvalue weighted by Gasteiger charge is 2.34. The third-order valence-electron chi connectivity index (χ3n) is 2.89. The van der Waals surface area contributed by atoms with Gasteiger partial charge in [0.2, 0.25) is 0 Å². The SMILES string of the molecule is C=C/C=N\C(=C\c1ccnc(Nc2ccn[nH]2)c1C(N)=O)C(F)(F)F. The van der Waals surface area contributed by atoms with Crippen molar-refractivity contribution >= 4 is 29.8 Å². The lowest BCUT2D eigenvalue weighted by molar-refractivity contribution is -0.0912. The molecular weight excluding hydrogens is 337 g/mol. The van der Waals surface area contributed by atoms with Crippen LogP contribution in [0.4, 0.5) is 24.8 Å². The number of carbonyl (C=O) groups is 1. The van der Waals surface area contributed by atoms with Crippen LogP contribution in [0.3, 0.4) is 0 Å². The number of pyridine rings is 1. The number of aromatic nitrogens is 3. The molecule has 130 valence electrons. The van der Waals surface area contributed by atoms with E-state index in [0.717, 1.165) is 12.3 Å². The number of nitrogens with two attached hydrogens (primary N) is 1. The standard InChI is InChI=1S/C15H13F3N6O/c1-2-5-20-10(15(16,17)18)8-9-3-6-21-14(12(9)13(19)25)23-11-4-7-22-24-11/h2-8H,1H2,(H2,19,25)(H2,21,22,23,24)/b10-8+,20-5-. The fraction of sp³-hybridized carbons (Fsp3) is 0.0667. The molecule has 0 bridgehead atoms. The zero-order chi connectivity index (χ0) is 18.4. The Labute approximate surface area is 140 Å². The quantitative estimate of drug-likeness (QED) is 0.696. The van der Waals surface area contributed by atoms with Crippen LogP contribution in [-0.4, -0.2) is 33.5 Å². The van der Waals surface area contributed by atoms with E-state index in [4.69, 9.17) is 5.73 Å². The lowest BCUT2D eigenvalue weighted by Crippen LogP contribution is -2.17. The Morgan fingerprint density at radius 2 is 2.12 bits per heavy atom. The normalized spacial score (nSPS) is 12.4. The third-order valence-corrected chi connectivity index (χ3v) is 2.89. The fourth-order valence-corrected chi connectivity index (χ4v) is 1.88. The van der Waals surface area contributed by atoms with Crippen molar-refractivity contribution < 1.29 is 18.0 Å². The predicted octanol–water partition coefficient (Wildman–Crippen LogP) is 2.81. The first-order valence-electron chi connectivity index (χ1n) is 6.82. The van der Waals surface area contributed by atoms with Crippen molar-refractivity contribution in [1.29, 1.82) is 0 Å². The van der Waals surface area contributed by atoms with Crippen LogP contribution in [0.25, 0.3) is 6.08 Å². The highest BCUT2D eigenvalue weighted by molar-refractivity contribution is 6.01. The zero-order valence-corrected chi connectivity index (χ0v) is 12.7. The number of rotatable bonds is 6. The Morgan fingerprint density at radius 3 is 2.68 bits per heavy atom. The summed E-state index contributed by atoms with van der Waals surface area (Å²) in [6, 6.07) is 2.78. The lowest BCUT2D eigenvalue weighted by Gasteiger charge is -2.12. The Kier molecular flexibility index (Phi) is 5.32. The molecule has 1 amide bonds. The van der Waals surface area contributed by atoms with Gasteiger partial charge in [0.1, 0.15) is 17.3 Å². The van der Waals surface area contributed by atoms with Crippen LogP contribution < -0.4 is 11.1 Å². The van der Waals surface area contributed by atoms with Crippen molar-refractivity contribution in [2.75, 3.05) is 5.32 Å². The van der Waals surface area contributed by atoms with Crippen LogP contribution in [0.1, 0.15) is 15.9 Å². The topological polar surface area (TPSA) is 109 Å². The Morgan fingerprint density at radius 1 is 1.36 bits per heavy atom. The van der Waals surface area contributed by atoms with E-state index in [1.807, 2.05) is 0 Å². The number of aliphatic imine (C=N–C) groups is 1. The number of anilines is 2. The number of hydrogen-bond donors (Lipinski definition) is 3. The molecule has 0 saturated carbocycles. The van der Waals surface area contributed by atoms with Gasteiger partial charge in [0, 0.05) is 18.5 Å². The summed E-state index contributed by atoms with van der Waals surface area (Å²) >= 11 is 0. The smallest absolute Gasteiger partial charge is 0.365 e. The van der Waals surface area contributed by atoms with Crippen molar-refractivity contribution in [2.24, 2.45) is 10.7 Å². The fourth-order valence-electron chi connectivity index (χ4n) is 1.88. The van der Waals surface area contributed by atoms with E-state index in [2.05, 4.69) is 32.1 Å². The molecule has 0 fully saturated rings. The van der Waals surface area contributed by atoms with Crippen LogP contribution in [0, 0.1) is 0 Å². The highest BCUT2D eigenvalue weighted by atomic mass is 19.4. The number of H-pyrrole nitrogens is 1. The predicted molar refractivity (Wildman–Crippen MR) is 87.3 cm³/mol. The van der Waals surface area contributed by atoms with E-state index in [-0.39, 0.29) is 16.9 Å². The number of nitrogens with one attached hydrogen (secondary N) is 2. The van der Waals surface area contributed by atoms with Gasteiger partial charge >= 0.3 is 6.18 Å².